The Morgan fingerprint density at radius 2 is 1.26 bits per heavy atom. The molecule has 220 valence electrons. The lowest BCUT2D eigenvalue weighted by Gasteiger charge is -2.30. The van der Waals surface area contributed by atoms with Gasteiger partial charge in [-0.15, -0.1) is 0 Å². The van der Waals surface area contributed by atoms with Crippen molar-refractivity contribution in [2.75, 3.05) is 4.90 Å². The number of benzene rings is 7. The molecule has 1 aromatic heterocycles. The van der Waals surface area contributed by atoms with E-state index in [-0.39, 0.29) is 5.41 Å². The van der Waals surface area contributed by atoms with Crippen LogP contribution in [0.4, 0.5) is 17.1 Å². The smallest absolute Gasteiger partial charge is 0.137 e. The van der Waals surface area contributed by atoms with Gasteiger partial charge in [0.2, 0.25) is 0 Å². The SMILES string of the molecule is Cc1cccc2c1-c1ccc(N(c3cc4ccccc4cc3-c3ccccc3)c3cccc4oc5ccccc5c34)cc1C2(C)C. The van der Waals surface area contributed by atoms with E-state index in [9.17, 15) is 0 Å². The molecule has 2 nitrogen and oxygen atoms in total. The molecule has 8 aromatic rings. The average molecular weight is 592 g/mol. The van der Waals surface area contributed by atoms with Crippen LogP contribution in [0.25, 0.3) is 55.0 Å². The van der Waals surface area contributed by atoms with Crippen LogP contribution in [0.3, 0.4) is 0 Å². The molecule has 0 unspecified atom stereocenters. The van der Waals surface area contributed by atoms with Gasteiger partial charge < -0.3 is 9.32 Å². The first-order chi connectivity index (χ1) is 22.5. The van der Waals surface area contributed by atoms with E-state index in [2.05, 4.69) is 165 Å². The first-order valence-electron chi connectivity index (χ1n) is 16.0. The van der Waals surface area contributed by atoms with Gasteiger partial charge in [-0.2, -0.15) is 0 Å². The second kappa shape index (κ2) is 9.95. The van der Waals surface area contributed by atoms with Crippen molar-refractivity contribution < 1.29 is 4.42 Å². The Morgan fingerprint density at radius 1 is 0.543 bits per heavy atom. The van der Waals surface area contributed by atoms with Gasteiger partial charge in [0.15, 0.2) is 0 Å². The lowest BCUT2D eigenvalue weighted by Crippen LogP contribution is -2.17. The zero-order valence-electron chi connectivity index (χ0n) is 26.2. The lowest BCUT2D eigenvalue weighted by atomic mass is 9.82. The van der Waals surface area contributed by atoms with Crippen LogP contribution in [0.1, 0.15) is 30.5 Å². The number of hydrogen-bond donors (Lipinski definition) is 0. The van der Waals surface area contributed by atoms with Gasteiger partial charge in [0, 0.05) is 22.1 Å². The fourth-order valence-electron chi connectivity index (χ4n) is 7.71. The number of furan rings is 1. The van der Waals surface area contributed by atoms with Gasteiger partial charge in [-0.3, -0.25) is 0 Å². The number of para-hydroxylation sites is 1. The Balaban J connectivity index is 1.39. The maximum atomic E-state index is 6.44. The van der Waals surface area contributed by atoms with Crippen molar-refractivity contribution >= 4 is 49.8 Å². The van der Waals surface area contributed by atoms with E-state index in [1.165, 1.54) is 49.7 Å². The molecular formula is C44H33NO. The summed E-state index contributed by atoms with van der Waals surface area (Å²) in [6, 6.07) is 52.8. The summed E-state index contributed by atoms with van der Waals surface area (Å²) in [5, 5.41) is 4.66. The molecule has 1 aliphatic rings. The van der Waals surface area contributed by atoms with E-state index in [1.54, 1.807) is 0 Å². The van der Waals surface area contributed by atoms with Crippen LogP contribution in [-0.2, 0) is 5.41 Å². The lowest BCUT2D eigenvalue weighted by molar-refractivity contribution is 0.660. The van der Waals surface area contributed by atoms with E-state index in [0.29, 0.717) is 0 Å². The normalized spacial score (nSPS) is 13.3. The molecule has 0 saturated heterocycles. The highest BCUT2D eigenvalue weighted by atomic mass is 16.3. The van der Waals surface area contributed by atoms with Gasteiger partial charge in [-0.1, -0.05) is 117 Å². The van der Waals surface area contributed by atoms with E-state index in [0.717, 1.165) is 39.0 Å². The molecule has 46 heavy (non-hydrogen) atoms. The Bertz CT molecular complexity index is 2470. The summed E-state index contributed by atoms with van der Waals surface area (Å²) >= 11 is 0. The molecule has 0 bridgehead atoms. The Labute approximate surface area is 269 Å². The molecule has 0 N–H and O–H groups in total. The number of hydrogen-bond acceptors (Lipinski definition) is 2. The number of anilines is 3. The quantitative estimate of drug-likeness (QED) is 0.202. The molecule has 2 heteroatoms. The largest absolute Gasteiger partial charge is 0.456 e. The number of aryl methyl sites for hydroxylation is 1. The molecule has 0 saturated carbocycles. The van der Waals surface area contributed by atoms with E-state index in [1.807, 2.05) is 6.07 Å². The van der Waals surface area contributed by atoms with Crippen molar-refractivity contribution in [3.8, 4) is 22.3 Å². The number of fused-ring (bicyclic) bond motifs is 7. The predicted molar refractivity (Wildman–Crippen MR) is 194 cm³/mol. The van der Waals surface area contributed by atoms with Crippen LogP contribution in [0.15, 0.2) is 150 Å². The van der Waals surface area contributed by atoms with Gasteiger partial charge in [0.1, 0.15) is 11.2 Å². The van der Waals surface area contributed by atoms with Crippen molar-refractivity contribution in [2.45, 2.75) is 26.2 Å². The monoisotopic (exact) mass is 591 g/mol. The molecule has 0 radical (unpaired) electrons. The van der Waals surface area contributed by atoms with Gasteiger partial charge >= 0.3 is 0 Å². The summed E-state index contributed by atoms with van der Waals surface area (Å²) in [5.74, 6) is 0. The molecule has 1 aliphatic carbocycles. The zero-order chi connectivity index (χ0) is 31.0. The van der Waals surface area contributed by atoms with Gasteiger partial charge in [-0.05, 0) is 93.5 Å². The summed E-state index contributed by atoms with van der Waals surface area (Å²) < 4.78 is 6.44. The molecule has 0 aliphatic heterocycles. The summed E-state index contributed by atoms with van der Waals surface area (Å²) in [4.78, 5) is 2.46. The maximum Gasteiger partial charge on any atom is 0.137 e. The van der Waals surface area contributed by atoms with Crippen molar-refractivity contribution in [2.24, 2.45) is 0 Å². The van der Waals surface area contributed by atoms with Gasteiger partial charge in [0.25, 0.3) is 0 Å². The predicted octanol–water partition coefficient (Wildman–Crippen LogP) is 12.5. The van der Waals surface area contributed by atoms with Crippen LogP contribution >= 0.6 is 0 Å². The van der Waals surface area contributed by atoms with Gasteiger partial charge in [-0.25, -0.2) is 0 Å². The van der Waals surface area contributed by atoms with Crippen molar-refractivity contribution in [1.29, 1.82) is 0 Å². The summed E-state index contributed by atoms with van der Waals surface area (Å²) in [7, 11) is 0. The summed E-state index contributed by atoms with van der Waals surface area (Å²) in [6.07, 6.45) is 0. The maximum absolute atomic E-state index is 6.44. The van der Waals surface area contributed by atoms with E-state index < -0.39 is 0 Å². The highest BCUT2D eigenvalue weighted by Gasteiger charge is 2.37. The molecule has 0 fully saturated rings. The standard InChI is InChI=1S/C44H33NO/c1-28-13-11-19-36-42(28)33-24-23-32(27-37(33)44(36,2)3)45(38-20-12-22-41-43(38)34-18-9-10-21-40(34)46-41)39-26-31-17-8-7-16-30(31)25-35(39)29-14-5-4-6-15-29/h4-27H,1-3H3. The number of nitrogens with zero attached hydrogens (tertiary/aromatic N) is 1. The third-order valence-corrected chi connectivity index (χ3v) is 9.96. The zero-order valence-corrected chi connectivity index (χ0v) is 26.2. The van der Waals surface area contributed by atoms with Crippen LogP contribution in [0.5, 0.6) is 0 Å². The Morgan fingerprint density at radius 3 is 2.11 bits per heavy atom. The highest BCUT2D eigenvalue weighted by molar-refractivity contribution is 6.14. The minimum atomic E-state index is -0.127. The fourth-order valence-corrected chi connectivity index (χ4v) is 7.71. The molecular weight excluding hydrogens is 558 g/mol. The minimum absolute atomic E-state index is 0.127. The molecule has 0 atom stereocenters. The third kappa shape index (κ3) is 3.90. The second-order valence-electron chi connectivity index (χ2n) is 13.0. The van der Waals surface area contributed by atoms with E-state index in [4.69, 9.17) is 4.42 Å². The van der Waals surface area contributed by atoms with Crippen molar-refractivity contribution in [3.05, 3.63) is 162 Å². The molecule has 1 heterocycles. The first-order valence-corrected chi connectivity index (χ1v) is 16.0. The topological polar surface area (TPSA) is 16.4 Å². The third-order valence-electron chi connectivity index (χ3n) is 9.96. The Hall–Kier alpha value is -5.60. The average Bonchev–Trinajstić information content (AvgIpc) is 3.58. The fraction of sp³-hybridized carbons (Fsp3) is 0.0909. The summed E-state index contributed by atoms with van der Waals surface area (Å²) in [5.41, 5.74) is 14.1. The number of rotatable bonds is 4. The molecule has 0 spiro atoms. The van der Waals surface area contributed by atoms with Crippen LogP contribution in [0, 0.1) is 6.92 Å². The van der Waals surface area contributed by atoms with Crippen molar-refractivity contribution in [1.82, 2.24) is 0 Å². The summed E-state index contributed by atoms with van der Waals surface area (Å²) in [6.45, 7) is 6.96. The minimum Gasteiger partial charge on any atom is -0.456 e. The van der Waals surface area contributed by atoms with E-state index >= 15 is 0 Å². The van der Waals surface area contributed by atoms with Crippen molar-refractivity contribution in [3.63, 3.8) is 0 Å². The molecule has 0 amide bonds. The van der Waals surface area contributed by atoms with Gasteiger partial charge in [0.05, 0.1) is 16.8 Å². The van der Waals surface area contributed by atoms with Crippen LogP contribution in [-0.4, -0.2) is 0 Å². The second-order valence-corrected chi connectivity index (χ2v) is 13.0. The Kier molecular flexibility index (Phi) is 5.79. The van der Waals surface area contributed by atoms with Crippen LogP contribution < -0.4 is 4.90 Å². The molecule has 7 aromatic carbocycles. The molecule has 9 rings (SSSR count). The van der Waals surface area contributed by atoms with Crippen LogP contribution in [0.2, 0.25) is 0 Å². The first kappa shape index (κ1) is 26.8. The highest BCUT2D eigenvalue weighted by Crippen LogP contribution is 2.53.